The van der Waals surface area contributed by atoms with Gasteiger partial charge in [0.05, 0.1) is 11.2 Å². The molecule has 12 heavy (non-hydrogen) atoms. The molecule has 0 aliphatic rings. The molecule has 0 saturated heterocycles. The standard InChI is InChI=1S/C8H8ClNOS/c1-12-8-4-2-3-7(9)6(8)5-10-11/h2-5,11H,1H3. The predicted molar refractivity (Wildman–Crippen MR) is 52.6 cm³/mol. The van der Waals surface area contributed by atoms with Crippen molar-refractivity contribution in [3.63, 3.8) is 0 Å². The summed E-state index contributed by atoms with van der Waals surface area (Å²) >= 11 is 7.43. The molecule has 0 radical (unpaired) electrons. The van der Waals surface area contributed by atoms with Gasteiger partial charge in [0.15, 0.2) is 0 Å². The molecule has 0 saturated carbocycles. The highest BCUT2D eigenvalue weighted by atomic mass is 35.5. The van der Waals surface area contributed by atoms with E-state index in [-0.39, 0.29) is 0 Å². The molecule has 2 nitrogen and oxygen atoms in total. The normalized spacial score (nSPS) is 10.8. The maximum atomic E-state index is 8.37. The lowest BCUT2D eigenvalue weighted by Gasteiger charge is -2.02. The van der Waals surface area contributed by atoms with Crippen molar-refractivity contribution < 1.29 is 5.21 Å². The summed E-state index contributed by atoms with van der Waals surface area (Å²) in [6.07, 6.45) is 3.29. The Kier molecular flexibility index (Phi) is 3.44. The van der Waals surface area contributed by atoms with E-state index >= 15 is 0 Å². The molecule has 0 amide bonds. The summed E-state index contributed by atoms with van der Waals surface area (Å²) in [5.74, 6) is 0. The third kappa shape index (κ3) is 1.93. The van der Waals surface area contributed by atoms with Crippen LogP contribution in [0.15, 0.2) is 28.3 Å². The Balaban J connectivity index is 3.19. The van der Waals surface area contributed by atoms with Gasteiger partial charge in [0, 0.05) is 10.5 Å². The minimum atomic E-state index is 0.597. The SMILES string of the molecule is CSc1cccc(Cl)c1C=NO. The Morgan fingerprint density at radius 2 is 2.33 bits per heavy atom. The van der Waals surface area contributed by atoms with Crippen LogP contribution >= 0.6 is 23.4 Å². The van der Waals surface area contributed by atoms with E-state index in [4.69, 9.17) is 16.8 Å². The van der Waals surface area contributed by atoms with E-state index in [1.165, 1.54) is 6.21 Å². The number of nitrogens with zero attached hydrogens (tertiary/aromatic N) is 1. The minimum Gasteiger partial charge on any atom is -0.411 e. The molecule has 0 heterocycles. The lowest BCUT2D eigenvalue weighted by Crippen LogP contribution is -1.86. The number of benzene rings is 1. The molecule has 0 aliphatic heterocycles. The van der Waals surface area contributed by atoms with Crippen molar-refractivity contribution in [3.05, 3.63) is 28.8 Å². The highest BCUT2D eigenvalue weighted by molar-refractivity contribution is 7.98. The first kappa shape index (κ1) is 9.42. The van der Waals surface area contributed by atoms with Crippen molar-refractivity contribution in [2.24, 2.45) is 5.16 Å². The van der Waals surface area contributed by atoms with Crippen LogP contribution < -0.4 is 0 Å². The second-order valence-corrected chi connectivity index (χ2v) is 3.36. The zero-order valence-electron chi connectivity index (χ0n) is 6.49. The van der Waals surface area contributed by atoms with Gasteiger partial charge in [-0.05, 0) is 18.4 Å². The summed E-state index contributed by atoms with van der Waals surface area (Å²) in [5, 5.41) is 11.9. The average Bonchev–Trinajstić information content (AvgIpc) is 2.09. The molecular formula is C8H8ClNOS. The second-order valence-electron chi connectivity index (χ2n) is 2.10. The van der Waals surface area contributed by atoms with Crippen LogP contribution in [-0.2, 0) is 0 Å². The minimum absolute atomic E-state index is 0.597. The van der Waals surface area contributed by atoms with Gasteiger partial charge in [-0.25, -0.2) is 0 Å². The fourth-order valence-electron chi connectivity index (χ4n) is 0.878. The van der Waals surface area contributed by atoms with Crippen LogP contribution in [0.3, 0.4) is 0 Å². The summed E-state index contributed by atoms with van der Waals surface area (Å²) in [6, 6.07) is 5.55. The molecule has 0 fully saturated rings. The van der Waals surface area contributed by atoms with E-state index in [1.54, 1.807) is 17.8 Å². The van der Waals surface area contributed by atoms with Gasteiger partial charge in [-0.15, -0.1) is 11.8 Å². The van der Waals surface area contributed by atoms with E-state index in [0.717, 1.165) is 10.5 Å². The Bertz CT molecular complexity index is 301. The Hall–Kier alpha value is -0.670. The van der Waals surface area contributed by atoms with Crippen LogP contribution in [0.2, 0.25) is 5.02 Å². The number of rotatable bonds is 2. The molecule has 1 aromatic rings. The Morgan fingerprint density at radius 1 is 1.58 bits per heavy atom. The number of hydrogen-bond acceptors (Lipinski definition) is 3. The van der Waals surface area contributed by atoms with E-state index in [9.17, 15) is 0 Å². The van der Waals surface area contributed by atoms with Gasteiger partial charge < -0.3 is 5.21 Å². The molecule has 0 bridgehead atoms. The lowest BCUT2D eigenvalue weighted by atomic mass is 10.2. The fourth-order valence-corrected chi connectivity index (χ4v) is 1.75. The van der Waals surface area contributed by atoms with Crippen molar-refractivity contribution in [1.82, 2.24) is 0 Å². The third-order valence-electron chi connectivity index (χ3n) is 1.42. The van der Waals surface area contributed by atoms with Crippen molar-refractivity contribution >= 4 is 29.6 Å². The second kappa shape index (κ2) is 4.38. The highest BCUT2D eigenvalue weighted by Crippen LogP contribution is 2.25. The van der Waals surface area contributed by atoms with Crippen LogP contribution in [0.4, 0.5) is 0 Å². The topological polar surface area (TPSA) is 32.6 Å². The zero-order valence-corrected chi connectivity index (χ0v) is 8.06. The number of thioether (sulfide) groups is 1. The first-order valence-corrected chi connectivity index (χ1v) is 4.89. The molecule has 64 valence electrons. The van der Waals surface area contributed by atoms with Crippen LogP contribution in [-0.4, -0.2) is 17.7 Å². The summed E-state index contributed by atoms with van der Waals surface area (Å²) < 4.78 is 0. The first-order valence-electron chi connectivity index (χ1n) is 3.29. The quantitative estimate of drug-likeness (QED) is 0.346. The smallest absolute Gasteiger partial charge is 0.0760 e. The van der Waals surface area contributed by atoms with E-state index in [0.29, 0.717) is 5.02 Å². The zero-order chi connectivity index (χ0) is 8.97. The summed E-state index contributed by atoms with van der Waals surface area (Å²) in [7, 11) is 0. The van der Waals surface area contributed by atoms with Gasteiger partial charge >= 0.3 is 0 Å². The van der Waals surface area contributed by atoms with Crippen LogP contribution in [0, 0.1) is 0 Å². The third-order valence-corrected chi connectivity index (χ3v) is 2.55. The molecule has 1 rings (SSSR count). The van der Waals surface area contributed by atoms with Gasteiger partial charge in [0.25, 0.3) is 0 Å². The molecule has 0 atom stereocenters. The summed E-state index contributed by atoms with van der Waals surface area (Å²) in [6.45, 7) is 0. The van der Waals surface area contributed by atoms with Gasteiger partial charge in [0.1, 0.15) is 0 Å². The van der Waals surface area contributed by atoms with Crippen molar-refractivity contribution in [2.45, 2.75) is 4.90 Å². The van der Waals surface area contributed by atoms with Crippen molar-refractivity contribution in [2.75, 3.05) is 6.26 Å². The van der Waals surface area contributed by atoms with Gasteiger partial charge in [0.2, 0.25) is 0 Å². The number of hydrogen-bond donors (Lipinski definition) is 1. The van der Waals surface area contributed by atoms with Crippen LogP contribution in [0.5, 0.6) is 0 Å². The predicted octanol–water partition coefficient (Wildman–Crippen LogP) is 2.87. The maximum absolute atomic E-state index is 8.37. The highest BCUT2D eigenvalue weighted by Gasteiger charge is 2.02. The van der Waals surface area contributed by atoms with Crippen molar-refractivity contribution in [3.8, 4) is 0 Å². The first-order chi connectivity index (χ1) is 5.79. The van der Waals surface area contributed by atoms with E-state index in [2.05, 4.69) is 5.16 Å². The molecule has 0 aromatic heterocycles. The monoisotopic (exact) mass is 201 g/mol. The average molecular weight is 202 g/mol. The lowest BCUT2D eigenvalue weighted by molar-refractivity contribution is 0.322. The Morgan fingerprint density at radius 3 is 2.92 bits per heavy atom. The van der Waals surface area contributed by atoms with Crippen LogP contribution in [0.25, 0.3) is 0 Å². The fraction of sp³-hybridized carbons (Fsp3) is 0.125. The largest absolute Gasteiger partial charge is 0.411 e. The maximum Gasteiger partial charge on any atom is 0.0760 e. The number of halogens is 1. The van der Waals surface area contributed by atoms with E-state index < -0.39 is 0 Å². The summed E-state index contributed by atoms with van der Waals surface area (Å²) in [4.78, 5) is 1.00. The van der Waals surface area contributed by atoms with Gasteiger partial charge in [-0.2, -0.15) is 0 Å². The van der Waals surface area contributed by atoms with E-state index in [1.807, 2.05) is 18.4 Å². The van der Waals surface area contributed by atoms with Gasteiger partial charge in [-0.1, -0.05) is 22.8 Å². The van der Waals surface area contributed by atoms with Crippen LogP contribution in [0.1, 0.15) is 5.56 Å². The molecule has 1 N–H and O–H groups in total. The molecule has 1 aromatic carbocycles. The molecule has 0 spiro atoms. The molecule has 0 unspecified atom stereocenters. The number of oxime groups is 1. The van der Waals surface area contributed by atoms with Crippen molar-refractivity contribution in [1.29, 1.82) is 0 Å². The summed E-state index contributed by atoms with van der Waals surface area (Å²) in [5.41, 5.74) is 0.758. The Labute approximate surface area is 80.2 Å². The molecule has 4 heteroatoms. The molecule has 0 aliphatic carbocycles. The molecular weight excluding hydrogens is 194 g/mol. The van der Waals surface area contributed by atoms with Gasteiger partial charge in [-0.3, -0.25) is 0 Å².